The summed E-state index contributed by atoms with van der Waals surface area (Å²) in [5, 5.41) is 2.07. The summed E-state index contributed by atoms with van der Waals surface area (Å²) in [7, 11) is -2.50. The fourth-order valence-corrected chi connectivity index (χ4v) is 3.69. The van der Waals surface area contributed by atoms with Gasteiger partial charge in [-0.25, -0.2) is 8.42 Å². The summed E-state index contributed by atoms with van der Waals surface area (Å²) in [6.07, 6.45) is 1.64. The number of amides is 3. The molecule has 0 unspecified atom stereocenters. The number of sulfonamides is 1. The summed E-state index contributed by atoms with van der Waals surface area (Å²) in [6, 6.07) is 5.00. The van der Waals surface area contributed by atoms with Crippen molar-refractivity contribution in [3.05, 3.63) is 51.8 Å². The number of fused-ring (bicyclic) bond motifs is 1. The van der Waals surface area contributed by atoms with Gasteiger partial charge in [0.2, 0.25) is 0 Å². The van der Waals surface area contributed by atoms with E-state index in [0.29, 0.717) is 4.47 Å². The van der Waals surface area contributed by atoms with Crippen LogP contribution in [0.5, 0.6) is 0 Å². The van der Waals surface area contributed by atoms with Crippen LogP contribution in [0.2, 0.25) is 0 Å². The molecule has 0 bridgehead atoms. The summed E-state index contributed by atoms with van der Waals surface area (Å²) < 4.78 is 26.8. The second-order valence-corrected chi connectivity index (χ2v) is 7.80. The average molecular weight is 427 g/mol. The summed E-state index contributed by atoms with van der Waals surface area (Å²) >= 11 is 3.21. The van der Waals surface area contributed by atoms with Crippen molar-refractivity contribution in [2.75, 3.05) is 0 Å². The first-order valence-electron chi connectivity index (χ1n) is 6.83. The Morgan fingerprint density at radius 1 is 1.16 bits per heavy atom. The molecule has 11 heteroatoms. The highest BCUT2D eigenvalue weighted by Gasteiger charge is 2.29. The lowest BCUT2D eigenvalue weighted by molar-refractivity contribution is 0.0877. The van der Waals surface area contributed by atoms with Gasteiger partial charge in [-0.3, -0.25) is 25.1 Å². The van der Waals surface area contributed by atoms with E-state index in [0.717, 1.165) is 6.07 Å². The Morgan fingerprint density at radius 3 is 2.48 bits per heavy atom. The Labute approximate surface area is 150 Å². The molecule has 1 aliphatic heterocycles. The van der Waals surface area contributed by atoms with Gasteiger partial charge in [-0.15, -0.1) is 4.83 Å². The molecule has 1 aromatic heterocycles. The molecular formula is C14H11BrN4O5S. The van der Waals surface area contributed by atoms with E-state index in [9.17, 15) is 22.8 Å². The lowest BCUT2D eigenvalue weighted by Gasteiger charge is -2.09. The quantitative estimate of drug-likeness (QED) is 0.478. The van der Waals surface area contributed by atoms with Gasteiger partial charge in [-0.1, -0.05) is 0 Å². The number of halogens is 1. The van der Waals surface area contributed by atoms with Crippen molar-refractivity contribution in [2.24, 2.45) is 7.05 Å². The molecule has 0 saturated carbocycles. The molecule has 9 nitrogen and oxygen atoms in total. The first-order chi connectivity index (χ1) is 11.7. The number of nitrogens with zero attached hydrogens (tertiary/aromatic N) is 1. The third-order valence-corrected chi connectivity index (χ3v) is 5.20. The fraction of sp³-hybridized carbons (Fsp3) is 0.0714. The Kier molecular flexibility index (Phi) is 4.22. The molecular weight excluding hydrogens is 416 g/mol. The first-order valence-corrected chi connectivity index (χ1v) is 9.10. The number of benzene rings is 1. The zero-order chi connectivity index (χ0) is 18.4. The molecule has 0 fully saturated rings. The van der Waals surface area contributed by atoms with Crippen LogP contribution >= 0.6 is 15.9 Å². The number of hydrazine groups is 1. The van der Waals surface area contributed by atoms with E-state index in [2.05, 4.69) is 26.7 Å². The van der Waals surface area contributed by atoms with Crippen LogP contribution in [-0.2, 0) is 17.1 Å². The van der Waals surface area contributed by atoms with Gasteiger partial charge in [0.15, 0.2) is 0 Å². The second-order valence-electron chi connectivity index (χ2n) is 5.20. The summed E-state index contributed by atoms with van der Waals surface area (Å²) in [5.74, 6) is -1.92. The summed E-state index contributed by atoms with van der Waals surface area (Å²) in [4.78, 5) is 36.8. The van der Waals surface area contributed by atoms with Gasteiger partial charge in [0.1, 0.15) is 5.69 Å². The van der Waals surface area contributed by atoms with E-state index in [1.807, 2.05) is 4.83 Å². The highest BCUT2D eigenvalue weighted by atomic mass is 79.9. The minimum absolute atomic E-state index is 0.0365. The number of aromatic nitrogens is 1. The highest BCUT2D eigenvalue weighted by molar-refractivity contribution is 9.10. The molecule has 3 N–H and O–H groups in total. The monoisotopic (exact) mass is 426 g/mol. The summed E-state index contributed by atoms with van der Waals surface area (Å²) in [5.41, 5.74) is 2.39. The smallest absolute Gasteiger partial charge is 0.282 e. The third-order valence-electron chi connectivity index (χ3n) is 3.52. The largest absolute Gasteiger partial charge is 0.345 e. The van der Waals surface area contributed by atoms with Gasteiger partial charge in [-0.2, -0.15) is 0 Å². The fourth-order valence-electron chi connectivity index (χ4n) is 2.30. The number of carbonyl (C=O) groups excluding carboxylic acids is 3. The van der Waals surface area contributed by atoms with Crippen molar-refractivity contribution in [1.29, 1.82) is 0 Å². The number of imide groups is 1. The van der Waals surface area contributed by atoms with Crippen molar-refractivity contribution >= 4 is 43.7 Å². The van der Waals surface area contributed by atoms with E-state index in [1.54, 1.807) is 13.2 Å². The van der Waals surface area contributed by atoms with Crippen molar-refractivity contribution in [1.82, 2.24) is 20.1 Å². The molecule has 2 aromatic rings. The topological polar surface area (TPSA) is 126 Å². The molecule has 0 aliphatic carbocycles. The lowest BCUT2D eigenvalue weighted by atomic mass is 10.1. The molecule has 1 aromatic carbocycles. The van der Waals surface area contributed by atoms with Crippen LogP contribution in [-0.4, -0.2) is 30.7 Å². The van der Waals surface area contributed by atoms with E-state index < -0.39 is 27.7 Å². The second kappa shape index (κ2) is 6.10. The zero-order valence-electron chi connectivity index (χ0n) is 12.7. The third kappa shape index (κ3) is 3.21. The van der Waals surface area contributed by atoms with Crippen molar-refractivity contribution < 1.29 is 22.8 Å². The Morgan fingerprint density at radius 2 is 1.84 bits per heavy atom. The standard InChI is InChI=1S/C14H11BrN4O5S/c1-19-6-7(15)4-11(19)14(22)17-18-25(23,24)8-2-3-9-10(5-8)13(21)16-12(9)20/h2-6,18H,1H3,(H,17,22)(H,16,20,21). The maximum Gasteiger partial charge on any atom is 0.282 e. The minimum atomic E-state index is -4.13. The number of aryl methyl sites for hydroxylation is 1. The van der Waals surface area contributed by atoms with Crippen LogP contribution in [0.25, 0.3) is 0 Å². The van der Waals surface area contributed by atoms with Crippen molar-refractivity contribution in [2.45, 2.75) is 4.90 Å². The molecule has 25 heavy (non-hydrogen) atoms. The van der Waals surface area contributed by atoms with Crippen LogP contribution < -0.4 is 15.6 Å². The minimum Gasteiger partial charge on any atom is -0.345 e. The number of nitrogens with one attached hydrogen (secondary N) is 3. The predicted molar refractivity (Wildman–Crippen MR) is 89.1 cm³/mol. The van der Waals surface area contributed by atoms with Crippen LogP contribution in [0.15, 0.2) is 39.8 Å². The molecule has 0 spiro atoms. The van der Waals surface area contributed by atoms with Gasteiger partial charge in [0.05, 0.1) is 16.0 Å². The first kappa shape index (κ1) is 17.3. The Hall–Kier alpha value is -2.50. The predicted octanol–water partition coefficient (Wildman–Crippen LogP) is 0.295. The number of carbonyl (C=O) groups is 3. The number of hydrogen-bond acceptors (Lipinski definition) is 5. The lowest BCUT2D eigenvalue weighted by Crippen LogP contribution is -2.42. The molecule has 1 aliphatic rings. The molecule has 3 rings (SSSR count). The summed E-state index contributed by atoms with van der Waals surface area (Å²) in [6.45, 7) is 0. The van der Waals surface area contributed by atoms with Crippen molar-refractivity contribution in [3.8, 4) is 0 Å². The molecule has 0 saturated heterocycles. The molecule has 0 atom stereocenters. The van der Waals surface area contributed by atoms with Gasteiger partial charge in [-0.05, 0) is 40.2 Å². The van der Waals surface area contributed by atoms with E-state index in [-0.39, 0.29) is 21.7 Å². The van der Waals surface area contributed by atoms with Crippen LogP contribution in [0.4, 0.5) is 0 Å². The van der Waals surface area contributed by atoms with E-state index in [4.69, 9.17) is 0 Å². The van der Waals surface area contributed by atoms with Crippen LogP contribution in [0.1, 0.15) is 31.2 Å². The zero-order valence-corrected chi connectivity index (χ0v) is 15.1. The van der Waals surface area contributed by atoms with Crippen LogP contribution in [0.3, 0.4) is 0 Å². The molecule has 130 valence electrons. The molecule has 2 heterocycles. The van der Waals surface area contributed by atoms with Gasteiger partial charge in [0.25, 0.3) is 27.7 Å². The van der Waals surface area contributed by atoms with Crippen LogP contribution in [0, 0.1) is 0 Å². The normalized spacial score (nSPS) is 13.5. The maximum absolute atomic E-state index is 12.3. The van der Waals surface area contributed by atoms with Gasteiger partial charge < -0.3 is 4.57 Å². The molecule has 0 radical (unpaired) electrons. The SMILES string of the molecule is Cn1cc(Br)cc1C(=O)NNS(=O)(=O)c1ccc2c(c1)C(=O)NC2=O. The highest BCUT2D eigenvalue weighted by Crippen LogP contribution is 2.20. The Bertz CT molecular complexity index is 1030. The number of hydrogen-bond donors (Lipinski definition) is 3. The van der Waals surface area contributed by atoms with Crippen molar-refractivity contribution in [3.63, 3.8) is 0 Å². The van der Waals surface area contributed by atoms with E-state index >= 15 is 0 Å². The Balaban J connectivity index is 1.80. The molecule has 3 amide bonds. The average Bonchev–Trinajstić information content (AvgIpc) is 3.04. The van der Waals surface area contributed by atoms with Gasteiger partial charge >= 0.3 is 0 Å². The van der Waals surface area contributed by atoms with Gasteiger partial charge in [0, 0.05) is 17.7 Å². The number of rotatable bonds is 4. The van der Waals surface area contributed by atoms with E-state index in [1.165, 1.54) is 22.8 Å². The maximum atomic E-state index is 12.3.